The van der Waals surface area contributed by atoms with Crippen LogP contribution in [0.15, 0.2) is 0 Å². The first kappa shape index (κ1) is 10.2. The van der Waals surface area contributed by atoms with E-state index in [4.69, 9.17) is 9.79 Å². The zero-order valence-corrected chi connectivity index (χ0v) is 7.51. The fraction of sp³-hybridized carbons (Fsp3) is 1.00. The molecule has 0 saturated carbocycles. The lowest BCUT2D eigenvalue weighted by Gasteiger charge is -2.19. The summed E-state index contributed by atoms with van der Waals surface area (Å²) < 4.78 is 10.7. The predicted octanol–water partition coefficient (Wildman–Crippen LogP) is 1.60. The van der Waals surface area contributed by atoms with Crippen LogP contribution in [0.2, 0.25) is 0 Å². The Morgan fingerprint density at radius 2 is 1.80 bits per heavy atom. The highest BCUT2D eigenvalue weighted by Gasteiger charge is 2.29. The molecule has 0 aliphatic rings. The third-order valence-electron chi connectivity index (χ3n) is 1.62. The first-order valence-electron chi connectivity index (χ1n) is 3.44. The molecule has 4 heteroatoms. The van der Waals surface area contributed by atoms with E-state index in [1.165, 1.54) is 0 Å². The zero-order valence-electron chi connectivity index (χ0n) is 6.61. The van der Waals surface area contributed by atoms with Gasteiger partial charge >= 0.3 is 7.60 Å². The van der Waals surface area contributed by atoms with Crippen molar-refractivity contribution < 1.29 is 14.4 Å². The van der Waals surface area contributed by atoms with Crippen LogP contribution in [0.3, 0.4) is 0 Å². The lowest BCUT2D eigenvalue weighted by atomic mass is 10.1. The predicted molar refractivity (Wildman–Crippen MR) is 41.0 cm³/mol. The van der Waals surface area contributed by atoms with Gasteiger partial charge in [-0.2, -0.15) is 0 Å². The molecule has 0 spiro atoms. The fourth-order valence-electron chi connectivity index (χ4n) is 1.10. The van der Waals surface area contributed by atoms with Gasteiger partial charge in [0.25, 0.3) is 0 Å². The van der Waals surface area contributed by atoms with Crippen LogP contribution >= 0.6 is 7.60 Å². The molecule has 10 heavy (non-hydrogen) atoms. The second-order valence-corrected chi connectivity index (χ2v) is 4.65. The van der Waals surface area contributed by atoms with E-state index in [9.17, 15) is 4.57 Å². The topological polar surface area (TPSA) is 57.5 Å². The maximum atomic E-state index is 10.7. The average molecular weight is 166 g/mol. The Labute approximate surface area is 61.6 Å². The molecule has 0 rings (SSSR count). The number of rotatable bonds is 3. The van der Waals surface area contributed by atoms with E-state index in [1.54, 1.807) is 6.92 Å². The summed E-state index contributed by atoms with van der Waals surface area (Å²) in [6.45, 7) is 5.45. The summed E-state index contributed by atoms with van der Waals surface area (Å²) in [7, 11) is -3.83. The molecule has 0 amide bonds. The molecule has 0 saturated heterocycles. The molecule has 62 valence electrons. The smallest absolute Gasteiger partial charge is 0.324 e. The van der Waals surface area contributed by atoms with E-state index in [0.717, 1.165) is 0 Å². The standard InChI is InChI=1S/C6H15O3P/c1-4-6(5(2)3)10(7,8)9/h5-6H,4H2,1-3H3,(H2,7,8,9). The van der Waals surface area contributed by atoms with Crippen LogP contribution in [0.4, 0.5) is 0 Å². The Hall–Kier alpha value is 0.150. The molecular weight excluding hydrogens is 151 g/mol. The monoisotopic (exact) mass is 166 g/mol. The van der Waals surface area contributed by atoms with Crippen LogP contribution in [-0.2, 0) is 4.57 Å². The van der Waals surface area contributed by atoms with Gasteiger partial charge in [-0.05, 0) is 12.3 Å². The van der Waals surface area contributed by atoms with Crippen LogP contribution in [0.1, 0.15) is 27.2 Å². The van der Waals surface area contributed by atoms with Crippen molar-refractivity contribution in [2.45, 2.75) is 32.9 Å². The van der Waals surface area contributed by atoms with Crippen molar-refractivity contribution in [3.05, 3.63) is 0 Å². The molecule has 0 fully saturated rings. The third kappa shape index (κ3) is 2.82. The van der Waals surface area contributed by atoms with E-state index in [1.807, 2.05) is 13.8 Å². The quantitative estimate of drug-likeness (QED) is 0.626. The van der Waals surface area contributed by atoms with Crippen LogP contribution in [0.25, 0.3) is 0 Å². The lowest BCUT2D eigenvalue weighted by Crippen LogP contribution is -2.14. The minimum absolute atomic E-state index is 0.0610. The Kier molecular flexibility index (Phi) is 3.57. The van der Waals surface area contributed by atoms with Crippen molar-refractivity contribution in [2.75, 3.05) is 0 Å². The van der Waals surface area contributed by atoms with Crippen molar-refractivity contribution in [1.29, 1.82) is 0 Å². The van der Waals surface area contributed by atoms with Crippen LogP contribution in [0.5, 0.6) is 0 Å². The molecule has 0 aromatic rings. The van der Waals surface area contributed by atoms with Crippen molar-refractivity contribution >= 4 is 7.60 Å². The second-order valence-electron chi connectivity index (χ2n) is 2.81. The van der Waals surface area contributed by atoms with Gasteiger partial charge in [-0.15, -0.1) is 0 Å². The molecule has 1 atom stereocenters. The zero-order chi connectivity index (χ0) is 8.36. The molecule has 0 aromatic heterocycles. The van der Waals surface area contributed by atoms with Crippen molar-refractivity contribution in [1.82, 2.24) is 0 Å². The Morgan fingerprint density at radius 3 is 1.80 bits per heavy atom. The highest BCUT2D eigenvalue weighted by atomic mass is 31.2. The Bertz CT molecular complexity index is 138. The van der Waals surface area contributed by atoms with E-state index in [-0.39, 0.29) is 5.92 Å². The average Bonchev–Trinajstić information content (AvgIpc) is 1.60. The van der Waals surface area contributed by atoms with Gasteiger partial charge in [0.1, 0.15) is 0 Å². The van der Waals surface area contributed by atoms with Crippen LogP contribution in [0, 0.1) is 5.92 Å². The van der Waals surface area contributed by atoms with Gasteiger partial charge in [0, 0.05) is 0 Å². The SMILES string of the molecule is CCC(C(C)C)P(=O)(O)O. The molecule has 0 aliphatic carbocycles. The van der Waals surface area contributed by atoms with Gasteiger partial charge in [-0.25, -0.2) is 0 Å². The number of hydrogen-bond acceptors (Lipinski definition) is 1. The van der Waals surface area contributed by atoms with Gasteiger partial charge in [-0.3, -0.25) is 4.57 Å². The minimum atomic E-state index is -3.83. The van der Waals surface area contributed by atoms with E-state index in [0.29, 0.717) is 6.42 Å². The normalized spacial score (nSPS) is 15.8. The maximum Gasteiger partial charge on any atom is 0.328 e. The summed E-state index contributed by atoms with van der Waals surface area (Å²) in [5.74, 6) is 0.0610. The summed E-state index contributed by atoms with van der Waals surface area (Å²) in [5, 5.41) is 0. The third-order valence-corrected chi connectivity index (χ3v) is 3.45. The minimum Gasteiger partial charge on any atom is -0.324 e. The first-order chi connectivity index (χ1) is 4.39. The van der Waals surface area contributed by atoms with E-state index >= 15 is 0 Å². The van der Waals surface area contributed by atoms with Gasteiger partial charge in [0.15, 0.2) is 0 Å². The maximum absolute atomic E-state index is 10.7. The molecule has 1 unspecified atom stereocenters. The molecule has 0 radical (unpaired) electrons. The van der Waals surface area contributed by atoms with Crippen molar-refractivity contribution in [2.24, 2.45) is 5.92 Å². The molecule has 0 aromatic carbocycles. The molecule has 2 N–H and O–H groups in total. The summed E-state index contributed by atoms with van der Waals surface area (Å²) in [6, 6.07) is 0. The van der Waals surface area contributed by atoms with Crippen LogP contribution < -0.4 is 0 Å². The van der Waals surface area contributed by atoms with Gasteiger partial charge in [0.05, 0.1) is 5.66 Å². The highest BCUT2D eigenvalue weighted by molar-refractivity contribution is 7.52. The highest BCUT2D eigenvalue weighted by Crippen LogP contribution is 2.46. The lowest BCUT2D eigenvalue weighted by molar-refractivity contribution is 0.339. The Balaban J connectivity index is 4.22. The molecule has 3 nitrogen and oxygen atoms in total. The largest absolute Gasteiger partial charge is 0.328 e. The van der Waals surface area contributed by atoms with Crippen molar-refractivity contribution in [3.8, 4) is 0 Å². The molecular formula is C6H15O3P. The fourth-order valence-corrected chi connectivity index (χ4v) is 2.35. The summed E-state index contributed by atoms with van der Waals surface area (Å²) in [4.78, 5) is 17.5. The van der Waals surface area contributed by atoms with Gasteiger partial charge in [0.2, 0.25) is 0 Å². The summed E-state index contributed by atoms with van der Waals surface area (Å²) in [5.41, 5.74) is -0.465. The molecule has 0 bridgehead atoms. The van der Waals surface area contributed by atoms with Crippen molar-refractivity contribution in [3.63, 3.8) is 0 Å². The van der Waals surface area contributed by atoms with E-state index in [2.05, 4.69) is 0 Å². The van der Waals surface area contributed by atoms with Gasteiger partial charge < -0.3 is 9.79 Å². The first-order valence-corrected chi connectivity index (χ1v) is 5.13. The Morgan fingerprint density at radius 1 is 1.40 bits per heavy atom. The molecule has 0 heterocycles. The van der Waals surface area contributed by atoms with E-state index < -0.39 is 13.3 Å². The van der Waals surface area contributed by atoms with Gasteiger partial charge in [-0.1, -0.05) is 20.8 Å². The van der Waals surface area contributed by atoms with Crippen LogP contribution in [-0.4, -0.2) is 15.4 Å². The summed E-state index contributed by atoms with van der Waals surface area (Å²) in [6.07, 6.45) is 0.544. The number of hydrogen-bond donors (Lipinski definition) is 2. The second kappa shape index (κ2) is 3.51. The summed E-state index contributed by atoms with van der Waals surface area (Å²) >= 11 is 0. The molecule has 0 aliphatic heterocycles.